The number of nitrogens with zero attached hydrogens (tertiary/aromatic N) is 3. The van der Waals surface area contributed by atoms with Crippen LogP contribution in [0.5, 0.6) is 0 Å². The second-order valence-corrected chi connectivity index (χ2v) is 4.54. The normalized spacial score (nSPS) is 10.2. The van der Waals surface area contributed by atoms with Crippen LogP contribution in [0.3, 0.4) is 0 Å². The average molecular weight is 217 g/mol. The van der Waals surface area contributed by atoms with Gasteiger partial charge in [-0.15, -0.1) is 0 Å². The van der Waals surface area contributed by atoms with Crippen molar-refractivity contribution in [3.05, 3.63) is 23.4 Å². The van der Waals surface area contributed by atoms with E-state index in [9.17, 15) is 0 Å². The number of hydrogen-bond donors (Lipinski definition) is 0. The van der Waals surface area contributed by atoms with Gasteiger partial charge in [0, 0.05) is 19.8 Å². The van der Waals surface area contributed by atoms with Crippen molar-refractivity contribution in [1.29, 1.82) is 5.26 Å². The van der Waals surface area contributed by atoms with Crippen LogP contribution in [0, 0.1) is 24.2 Å². The van der Waals surface area contributed by atoms with Gasteiger partial charge >= 0.3 is 0 Å². The van der Waals surface area contributed by atoms with E-state index in [1.807, 2.05) is 20.0 Å². The summed E-state index contributed by atoms with van der Waals surface area (Å²) in [5, 5.41) is 9.11. The molecule has 0 unspecified atom stereocenters. The molecule has 1 heterocycles. The Morgan fingerprint density at radius 3 is 2.75 bits per heavy atom. The van der Waals surface area contributed by atoms with Gasteiger partial charge in [-0.1, -0.05) is 13.8 Å². The third-order valence-corrected chi connectivity index (χ3v) is 2.65. The molecule has 1 aromatic heterocycles. The maximum absolute atomic E-state index is 9.11. The first-order chi connectivity index (χ1) is 7.56. The van der Waals surface area contributed by atoms with Gasteiger partial charge in [0.25, 0.3) is 0 Å². The lowest BCUT2D eigenvalue weighted by atomic mass is 10.1. The molecule has 0 amide bonds. The Morgan fingerprint density at radius 2 is 2.19 bits per heavy atom. The van der Waals surface area contributed by atoms with Gasteiger partial charge < -0.3 is 4.90 Å². The first-order valence-corrected chi connectivity index (χ1v) is 5.63. The van der Waals surface area contributed by atoms with E-state index in [0.29, 0.717) is 11.5 Å². The number of pyridine rings is 1. The van der Waals surface area contributed by atoms with Crippen LogP contribution >= 0.6 is 0 Å². The highest BCUT2D eigenvalue weighted by molar-refractivity contribution is 5.56. The van der Waals surface area contributed by atoms with E-state index < -0.39 is 0 Å². The molecule has 3 heteroatoms. The van der Waals surface area contributed by atoms with Gasteiger partial charge in [0.05, 0.1) is 5.56 Å². The summed E-state index contributed by atoms with van der Waals surface area (Å²) >= 11 is 0. The largest absolute Gasteiger partial charge is 0.359 e. The van der Waals surface area contributed by atoms with E-state index in [-0.39, 0.29) is 0 Å². The van der Waals surface area contributed by atoms with Crippen LogP contribution < -0.4 is 4.90 Å². The summed E-state index contributed by atoms with van der Waals surface area (Å²) in [6.45, 7) is 7.27. The molecule has 0 aromatic carbocycles. The average Bonchev–Trinajstić information content (AvgIpc) is 2.25. The molecule has 86 valence electrons. The summed E-state index contributed by atoms with van der Waals surface area (Å²) in [6.07, 6.45) is 2.87. The molecule has 1 rings (SSSR count). The standard InChI is InChI=1S/C13H19N3/c1-10(2)6-8-16(4)13-12(9-14)11(3)5-7-15-13/h5,7,10H,6,8H2,1-4H3. The molecule has 0 spiro atoms. The van der Waals surface area contributed by atoms with E-state index in [2.05, 4.69) is 29.8 Å². The maximum Gasteiger partial charge on any atom is 0.146 e. The first kappa shape index (κ1) is 12.5. The van der Waals surface area contributed by atoms with E-state index in [1.54, 1.807) is 6.20 Å². The van der Waals surface area contributed by atoms with Crippen molar-refractivity contribution in [3.63, 3.8) is 0 Å². The fourth-order valence-corrected chi connectivity index (χ4v) is 1.53. The van der Waals surface area contributed by atoms with Crippen molar-refractivity contribution < 1.29 is 0 Å². The Bertz CT molecular complexity index is 391. The Labute approximate surface area is 97.7 Å². The summed E-state index contributed by atoms with van der Waals surface area (Å²) < 4.78 is 0. The lowest BCUT2D eigenvalue weighted by Gasteiger charge is -2.20. The molecule has 3 nitrogen and oxygen atoms in total. The molecule has 16 heavy (non-hydrogen) atoms. The van der Waals surface area contributed by atoms with Gasteiger partial charge in [-0.05, 0) is 30.9 Å². The van der Waals surface area contributed by atoms with Gasteiger partial charge in [-0.3, -0.25) is 0 Å². The number of rotatable bonds is 4. The molecule has 0 radical (unpaired) electrons. The molecule has 0 aliphatic rings. The fourth-order valence-electron chi connectivity index (χ4n) is 1.53. The molecule has 0 aliphatic heterocycles. The molecular weight excluding hydrogens is 198 g/mol. The molecular formula is C13H19N3. The molecule has 0 saturated heterocycles. The molecule has 0 N–H and O–H groups in total. The van der Waals surface area contributed by atoms with Crippen molar-refractivity contribution in [3.8, 4) is 6.07 Å². The summed E-state index contributed by atoms with van der Waals surface area (Å²) in [7, 11) is 1.99. The second-order valence-electron chi connectivity index (χ2n) is 4.54. The predicted octanol–water partition coefficient (Wildman–Crippen LogP) is 2.74. The summed E-state index contributed by atoms with van der Waals surface area (Å²) in [5.74, 6) is 1.46. The van der Waals surface area contributed by atoms with Gasteiger partial charge in [-0.2, -0.15) is 5.26 Å². The minimum atomic E-state index is 0.665. The van der Waals surface area contributed by atoms with Gasteiger partial charge in [0.2, 0.25) is 0 Å². The number of anilines is 1. The monoisotopic (exact) mass is 217 g/mol. The van der Waals surface area contributed by atoms with Gasteiger partial charge in [0.1, 0.15) is 11.9 Å². The van der Waals surface area contributed by atoms with Crippen LogP contribution in [-0.2, 0) is 0 Å². The number of aromatic nitrogens is 1. The van der Waals surface area contributed by atoms with E-state index in [1.165, 1.54) is 0 Å². The third kappa shape index (κ3) is 2.96. The summed E-state index contributed by atoms with van der Waals surface area (Å²) in [5.41, 5.74) is 1.68. The predicted molar refractivity (Wildman–Crippen MR) is 66.4 cm³/mol. The SMILES string of the molecule is Cc1ccnc(N(C)CCC(C)C)c1C#N. The topological polar surface area (TPSA) is 39.9 Å². The molecule has 1 aromatic rings. The van der Waals surface area contributed by atoms with Crippen molar-refractivity contribution in [2.75, 3.05) is 18.5 Å². The van der Waals surface area contributed by atoms with Gasteiger partial charge in [-0.25, -0.2) is 4.98 Å². The lowest BCUT2D eigenvalue weighted by molar-refractivity contribution is 0.583. The van der Waals surface area contributed by atoms with Crippen LogP contribution in [0.1, 0.15) is 31.4 Å². The highest BCUT2D eigenvalue weighted by Gasteiger charge is 2.11. The Hall–Kier alpha value is -1.56. The quantitative estimate of drug-likeness (QED) is 0.778. The van der Waals surface area contributed by atoms with E-state index >= 15 is 0 Å². The lowest BCUT2D eigenvalue weighted by Crippen LogP contribution is -2.22. The number of hydrogen-bond acceptors (Lipinski definition) is 3. The zero-order valence-electron chi connectivity index (χ0n) is 10.5. The molecule has 0 saturated carbocycles. The smallest absolute Gasteiger partial charge is 0.146 e. The Morgan fingerprint density at radius 1 is 1.50 bits per heavy atom. The van der Waals surface area contributed by atoms with E-state index in [4.69, 9.17) is 5.26 Å². The summed E-state index contributed by atoms with van der Waals surface area (Å²) in [4.78, 5) is 6.35. The van der Waals surface area contributed by atoms with Crippen LogP contribution in [0.4, 0.5) is 5.82 Å². The highest BCUT2D eigenvalue weighted by atomic mass is 15.2. The minimum absolute atomic E-state index is 0.665. The van der Waals surface area contributed by atoms with Crippen LogP contribution in [0.2, 0.25) is 0 Å². The minimum Gasteiger partial charge on any atom is -0.359 e. The number of aryl methyl sites for hydroxylation is 1. The molecule has 0 bridgehead atoms. The van der Waals surface area contributed by atoms with Gasteiger partial charge in [0.15, 0.2) is 0 Å². The summed E-state index contributed by atoms with van der Waals surface area (Å²) in [6, 6.07) is 4.10. The highest BCUT2D eigenvalue weighted by Crippen LogP contribution is 2.19. The van der Waals surface area contributed by atoms with Crippen molar-refractivity contribution in [2.45, 2.75) is 27.2 Å². The van der Waals surface area contributed by atoms with Crippen molar-refractivity contribution in [2.24, 2.45) is 5.92 Å². The number of nitriles is 1. The van der Waals surface area contributed by atoms with E-state index in [0.717, 1.165) is 24.3 Å². The Kier molecular flexibility index (Phi) is 4.30. The zero-order chi connectivity index (χ0) is 12.1. The van der Waals surface area contributed by atoms with Crippen LogP contribution in [0.25, 0.3) is 0 Å². The second kappa shape index (κ2) is 5.50. The maximum atomic E-state index is 9.11. The molecule has 0 fully saturated rings. The molecule has 0 aliphatic carbocycles. The van der Waals surface area contributed by atoms with Crippen molar-refractivity contribution >= 4 is 5.82 Å². The van der Waals surface area contributed by atoms with Crippen LogP contribution in [0.15, 0.2) is 12.3 Å². The van der Waals surface area contributed by atoms with Crippen LogP contribution in [-0.4, -0.2) is 18.6 Å². The molecule has 0 atom stereocenters. The third-order valence-electron chi connectivity index (χ3n) is 2.65. The fraction of sp³-hybridized carbons (Fsp3) is 0.538. The first-order valence-electron chi connectivity index (χ1n) is 5.63. The zero-order valence-corrected chi connectivity index (χ0v) is 10.5. The van der Waals surface area contributed by atoms with Crippen molar-refractivity contribution in [1.82, 2.24) is 4.98 Å². The Balaban J connectivity index is 2.87.